The van der Waals surface area contributed by atoms with Gasteiger partial charge in [-0.1, -0.05) is 159 Å². The molecule has 10 rings (SSSR count). The fraction of sp³-hybridized carbons (Fsp3) is 0.0625. The second-order valence-corrected chi connectivity index (χ2v) is 14.0. The van der Waals surface area contributed by atoms with Crippen molar-refractivity contribution >= 4 is 32.3 Å². The summed E-state index contributed by atoms with van der Waals surface area (Å²) < 4.78 is 0. The molecule has 1 heterocycles. The van der Waals surface area contributed by atoms with Crippen molar-refractivity contribution in [3.63, 3.8) is 0 Å². The summed E-state index contributed by atoms with van der Waals surface area (Å²) in [5.74, 6) is 0. The van der Waals surface area contributed by atoms with Crippen molar-refractivity contribution in [3.05, 3.63) is 175 Å². The lowest BCUT2D eigenvalue weighted by atomic mass is 9.81. The van der Waals surface area contributed by atoms with Gasteiger partial charge in [0.05, 0.1) is 11.4 Å². The van der Waals surface area contributed by atoms with Crippen molar-refractivity contribution in [2.24, 2.45) is 0 Å². The Morgan fingerprint density at radius 1 is 0.367 bits per heavy atom. The summed E-state index contributed by atoms with van der Waals surface area (Å²) >= 11 is 0. The number of hydrogen-bond donors (Lipinski definition) is 0. The molecule has 0 radical (unpaired) electrons. The Bertz CT molecular complexity index is 2700. The van der Waals surface area contributed by atoms with E-state index in [0.29, 0.717) is 0 Å². The van der Waals surface area contributed by atoms with Crippen LogP contribution in [-0.2, 0) is 5.41 Å². The smallest absolute Gasteiger partial charge is 0.0715 e. The molecule has 0 spiro atoms. The van der Waals surface area contributed by atoms with Crippen LogP contribution in [0.15, 0.2) is 164 Å². The maximum absolute atomic E-state index is 5.24. The summed E-state index contributed by atoms with van der Waals surface area (Å²) in [6.07, 6.45) is 0. The van der Waals surface area contributed by atoms with Crippen LogP contribution in [0.5, 0.6) is 0 Å². The third-order valence-electron chi connectivity index (χ3n) is 10.8. The van der Waals surface area contributed by atoms with E-state index in [1.54, 1.807) is 0 Å². The van der Waals surface area contributed by atoms with Gasteiger partial charge in [0, 0.05) is 16.5 Å². The molecule has 230 valence electrons. The molecular formula is C48H33N. The lowest BCUT2D eigenvalue weighted by Crippen LogP contribution is -2.14. The van der Waals surface area contributed by atoms with Gasteiger partial charge < -0.3 is 0 Å². The molecule has 0 aliphatic heterocycles. The number of nitrogens with zero attached hydrogens (tertiary/aromatic N) is 1. The monoisotopic (exact) mass is 623 g/mol. The lowest BCUT2D eigenvalue weighted by molar-refractivity contribution is 0.660. The third kappa shape index (κ3) is 4.29. The SMILES string of the molecule is CC1(C)c2ccccc2-c2ccc(-c3cc(-c4ccccc4)nc(-c4ccc(-c5ccc6ccc7cccc8ccc5c6c78)cc4)c3)cc21. The minimum absolute atomic E-state index is 0.0545. The highest BCUT2D eigenvalue weighted by Crippen LogP contribution is 2.49. The van der Waals surface area contributed by atoms with Gasteiger partial charge in [-0.15, -0.1) is 0 Å². The van der Waals surface area contributed by atoms with E-state index in [4.69, 9.17) is 4.98 Å². The largest absolute Gasteiger partial charge is 0.248 e. The number of rotatable bonds is 4. The van der Waals surface area contributed by atoms with Crippen LogP contribution in [0.25, 0.3) is 88.2 Å². The average molecular weight is 624 g/mol. The van der Waals surface area contributed by atoms with E-state index < -0.39 is 0 Å². The van der Waals surface area contributed by atoms with Crippen LogP contribution in [-0.4, -0.2) is 4.98 Å². The second kappa shape index (κ2) is 10.5. The van der Waals surface area contributed by atoms with Crippen LogP contribution in [0.4, 0.5) is 0 Å². The van der Waals surface area contributed by atoms with Crippen molar-refractivity contribution < 1.29 is 0 Å². The van der Waals surface area contributed by atoms with Crippen LogP contribution in [0.3, 0.4) is 0 Å². The molecule has 0 fully saturated rings. The van der Waals surface area contributed by atoms with Gasteiger partial charge in [0.15, 0.2) is 0 Å². The van der Waals surface area contributed by atoms with Crippen LogP contribution >= 0.6 is 0 Å². The lowest BCUT2D eigenvalue weighted by Gasteiger charge is -2.22. The van der Waals surface area contributed by atoms with Crippen molar-refractivity contribution in [2.45, 2.75) is 19.3 Å². The highest BCUT2D eigenvalue weighted by atomic mass is 14.7. The van der Waals surface area contributed by atoms with Crippen LogP contribution in [0, 0.1) is 0 Å². The Balaban J connectivity index is 1.09. The molecule has 1 nitrogen and oxygen atoms in total. The quantitative estimate of drug-likeness (QED) is 0.178. The van der Waals surface area contributed by atoms with Gasteiger partial charge in [-0.2, -0.15) is 0 Å². The first-order chi connectivity index (χ1) is 24.0. The van der Waals surface area contributed by atoms with E-state index >= 15 is 0 Å². The van der Waals surface area contributed by atoms with E-state index in [9.17, 15) is 0 Å². The standard InChI is InChI=1S/C48H33N/c1-48(2)42-14-7-6-13-39(42)40-25-23-36(27-43(40)48)37-28-44(31-9-4-3-5-10-31)49-45(29-37)32-17-15-30(16-18-32)38-24-21-35-20-19-33-11-8-12-34-22-26-41(38)47(35)46(33)34/h3-29H,1-2H3. The zero-order valence-electron chi connectivity index (χ0n) is 27.5. The predicted octanol–water partition coefficient (Wildman–Crippen LogP) is 13.0. The maximum atomic E-state index is 5.24. The normalized spacial score (nSPS) is 13.3. The molecule has 1 aliphatic carbocycles. The summed E-state index contributed by atoms with van der Waals surface area (Å²) in [5, 5.41) is 7.86. The summed E-state index contributed by atoms with van der Waals surface area (Å²) in [7, 11) is 0. The molecule has 0 atom stereocenters. The van der Waals surface area contributed by atoms with Gasteiger partial charge in [0.25, 0.3) is 0 Å². The number of aromatic nitrogens is 1. The second-order valence-electron chi connectivity index (χ2n) is 14.0. The number of pyridine rings is 1. The average Bonchev–Trinajstić information content (AvgIpc) is 3.39. The van der Waals surface area contributed by atoms with E-state index in [2.05, 4.69) is 178 Å². The topological polar surface area (TPSA) is 12.9 Å². The first kappa shape index (κ1) is 28.0. The van der Waals surface area contributed by atoms with Crippen molar-refractivity contribution in [1.29, 1.82) is 0 Å². The Kier molecular flexibility index (Phi) is 5.99. The number of benzene rings is 8. The minimum atomic E-state index is -0.0545. The first-order valence-corrected chi connectivity index (χ1v) is 17.1. The number of fused-ring (bicyclic) bond motifs is 3. The molecule has 9 aromatic rings. The summed E-state index contributed by atoms with van der Waals surface area (Å²) in [6.45, 7) is 4.69. The third-order valence-corrected chi connectivity index (χ3v) is 10.8. The Morgan fingerprint density at radius 2 is 0.939 bits per heavy atom. The molecule has 0 saturated heterocycles. The number of hydrogen-bond acceptors (Lipinski definition) is 1. The van der Waals surface area contributed by atoms with E-state index in [-0.39, 0.29) is 5.41 Å². The predicted molar refractivity (Wildman–Crippen MR) is 207 cm³/mol. The van der Waals surface area contributed by atoms with Crippen molar-refractivity contribution in [2.75, 3.05) is 0 Å². The molecule has 0 amide bonds. The highest BCUT2D eigenvalue weighted by molar-refractivity contribution is 6.25. The molecule has 1 heteroatoms. The Morgan fingerprint density at radius 3 is 1.71 bits per heavy atom. The van der Waals surface area contributed by atoms with Crippen molar-refractivity contribution in [1.82, 2.24) is 4.98 Å². The van der Waals surface area contributed by atoms with Crippen LogP contribution in [0.2, 0.25) is 0 Å². The van der Waals surface area contributed by atoms with Gasteiger partial charge in [-0.05, 0) is 95.0 Å². The zero-order chi connectivity index (χ0) is 32.7. The Labute approximate surface area is 286 Å². The molecule has 0 unspecified atom stereocenters. The van der Waals surface area contributed by atoms with Gasteiger partial charge in [0.1, 0.15) is 0 Å². The molecule has 0 saturated carbocycles. The first-order valence-electron chi connectivity index (χ1n) is 17.1. The molecule has 1 aromatic heterocycles. The highest BCUT2D eigenvalue weighted by Gasteiger charge is 2.35. The van der Waals surface area contributed by atoms with Crippen LogP contribution < -0.4 is 0 Å². The maximum Gasteiger partial charge on any atom is 0.0715 e. The summed E-state index contributed by atoms with van der Waals surface area (Å²) in [5.41, 5.74) is 14.4. The molecule has 8 aromatic carbocycles. The summed E-state index contributed by atoms with van der Waals surface area (Å²) in [4.78, 5) is 5.24. The van der Waals surface area contributed by atoms with Gasteiger partial charge in [0.2, 0.25) is 0 Å². The fourth-order valence-corrected chi connectivity index (χ4v) is 8.29. The van der Waals surface area contributed by atoms with Gasteiger partial charge in [-0.25, -0.2) is 4.98 Å². The van der Waals surface area contributed by atoms with E-state index in [1.165, 1.54) is 76.8 Å². The summed E-state index contributed by atoms with van der Waals surface area (Å²) in [6, 6.07) is 60.0. The molecule has 49 heavy (non-hydrogen) atoms. The van der Waals surface area contributed by atoms with E-state index in [1.807, 2.05) is 0 Å². The fourth-order valence-electron chi connectivity index (χ4n) is 8.29. The van der Waals surface area contributed by atoms with Gasteiger partial charge >= 0.3 is 0 Å². The zero-order valence-corrected chi connectivity index (χ0v) is 27.5. The molecule has 1 aliphatic rings. The molecular weight excluding hydrogens is 591 g/mol. The van der Waals surface area contributed by atoms with Crippen molar-refractivity contribution in [3.8, 4) is 55.9 Å². The Hall–Kier alpha value is -6.05. The molecule has 0 N–H and O–H groups in total. The van der Waals surface area contributed by atoms with Gasteiger partial charge in [-0.3, -0.25) is 0 Å². The molecule has 0 bridgehead atoms. The minimum Gasteiger partial charge on any atom is -0.248 e. The van der Waals surface area contributed by atoms with Crippen LogP contribution in [0.1, 0.15) is 25.0 Å². The van der Waals surface area contributed by atoms with E-state index in [0.717, 1.165) is 22.5 Å².